The van der Waals surface area contributed by atoms with Crippen LogP contribution < -0.4 is 14.8 Å². The number of hydrogen-bond acceptors (Lipinski definition) is 4. The van der Waals surface area contributed by atoms with Crippen LogP contribution in [0.15, 0.2) is 42.5 Å². The molecule has 1 heterocycles. The van der Waals surface area contributed by atoms with Gasteiger partial charge in [-0.25, -0.2) is 4.39 Å². The molecule has 0 radical (unpaired) electrons. The molecule has 164 valence electrons. The van der Waals surface area contributed by atoms with Gasteiger partial charge in [-0.05, 0) is 49.7 Å². The van der Waals surface area contributed by atoms with Crippen molar-refractivity contribution in [3.63, 3.8) is 0 Å². The van der Waals surface area contributed by atoms with Crippen LogP contribution in [-0.2, 0) is 6.54 Å². The van der Waals surface area contributed by atoms with Crippen LogP contribution in [0.2, 0.25) is 5.02 Å². The summed E-state index contributed by atoms with van der Waals surface area (Å²) in [5.74, 6) is -0.788. The number of halogens is 4. The number of nitrogens with one attached hydrogen (secondary N) is 1. The summed E-state index contributed by atoms with van der Waals surface area (Å²) < 4.78 is 49.6. The van der Waals surface area contributed by atoms with E-state index in [4.69, 9.17) is 16.3 Å². The SMILES string of the molecule is CCOc1cc(C(=O)Nc2cc(C)n(Cc3ccc(F)cc3Cl)n2)ccc1OC(F)F. The highest BCUT2D eigenvalue weighted by Gasteiger charge is 2.16. The fourth-order valence-electron chi connectivity index (χ4n) is 2.84. The number of ether oxygens (including phenoxy) is 2. The van der Waals surface area contributed by atoms with Gasteiger partial charge in [0.25, 0.3) is 5.91 Å². The van der Waals surface area contributed by atoms with Gasteiger partial charge in [-0.1, -0.05) is 17.7 Å². The first kappa shape index (κ1) is 22.5. The highest BCUT2D eigenvalue weighted by atomic mass is 35.5. The van der Waals surface area contributed by atoms with Gasteiger partial charge >= 0.3 is 6.61 Å². The van der Waals surface area contributed by atoms with Crippen molar-refractivity contribution >= 4 is 23.3 Å². The molecule has 0 saturated carbocycles. The Labute approximate surface area is 181 Å². The van der Waals surface area contributed by atoms with Crippen LogP contribution in [0.4, 0.5) is 19.0 Å². The lowest BCUT2D eigenvalue weighted by atomic mass is 10.2. The summed E-state index contributed by atoms with van der Waals surface area (Å²) in [6.45, 7) is 0.959. The van der Waals surface area contributed by atoms with E-state index in [2.05, 4.69) is 15.2 Å². The Bertz CT molecular complexity index is 1090. The maximum Gasteiger partial charge on any atom is 0.387 e. The molecule has 0 atom stereocenters. The maximum atomic E-state index is 13.2. The summed E-state index contributed by atoms with van der Waals surface area (Å²) in [5, 5.41) is 7.25. The van der Waals surface area contributed by atoms with Crippen LogP contribution in [-0.4, -0.2) is 28.9 Å². The van der Waals surface area contributed by atoms with Gasteiger partial charge in [0.15, 0.2) is 17.3 Å². The van der Waals surface area contributed by atoms with Crippen molar-refractivity contribution in [2.75, 3.05) is 11.9 Å². The lowest BCUT2D eigenvalue weighted by Crippen LogP contribution is -2.14. The number of carbonyl (C=O) groups excluding carboxylic acids is 1. The fraction of sp³-hybridized carbons (Fsp3) is 0.238. The molecule has 6 nitrogen and oxygen atoms in total. The molecule has 3 aromatic rings. The average Bonchev–Trinajstić information content (AvgIpc) is 3.04. The number of rotatable bonds is 8. The number of benzene rings is 2. The highest BCUT2D eigenvalue weighted by Crippen LogP contribution is 2.30. The Morgan fingerprint density at radius 3 is 2.65 bits per heavy atom. The zero-order valence-electron chi connectivity index (χ0n) is 16.7. The standard InChI is InChI=1S/C21H19ClF3N3O3/c1-3-30-18-9-13(5-7-17(18)31-21(24)25)20(29)26-19-8-12(2)28(27-19)11-14-4-6-15(23)10-16(14)22/h4-10,21H,3,11H2,1-2H3,(H,26,27,29). The Hall–Kier alpha value is -3.20. The van der Waals surface area contributed by atoms with Gasteiger partial charge in [-0.3, -0.25) is 9.48 Å². The molecule has 0 fully saturated rings. The minimum atomic E-state index is -3.01. The molecule has 0 aliphatic carbocycles. The summed E-state index contributed by atoms with van der Waals surface area (Å²) >= 11 is 6.07. The zero-order valence-corrected chi connectivity index (χ0v) is 17.4. The molecule has 1 N–H and O–H groups in total. The van der Waals surface area contributed by atoms with Crippen molar-refractivity contribution < 1.29 is 27.4 Å². The lowest BCUT2D eigenvalue weighted by molar-refractivity contribution is -0.0514. The van der Waals surface area contributed by atoms with E-state index in [9.17, 15) is 18.0 Å². The molecular formula is C21H19ClF3N3O3. The lowest BCUT2D eigenvalue weighted by Gasteiger charge is -2.12. The second kappa shape index (κ2) is 9.74. The number of aryl methyl sites for hydroxylation is 1. The summed E-state index contributed by atoms with van der Waals surface area (Å²) in [5.41, 5.74) is 1.59. The number of hydrogen-bond donors (Lipinski definition) is 1. The Morgan fingerprint density at radius 2 is 1.97 bits per heavy atom. The number of amides is 1. The number of nitrogens with zero attached hydrogens (tertiary/aromatic N) is 2. The summed E-state index contributed by atoms with van der Waals surface area (Å²) in [6.07, 6.45) is 0. The van der Waals surface area contributed by atoms with Gasteiger partial charge in [0.2, 0.25) is 0 Å². The molecule has 3 rings (SSSR count). The van der Waals surface area contributed by atoms with Crippen molar-refractivity contribution in [2.24, 2.45) is 0 Å². The number of aromatic nitrogens is 2. The van der Waals surface area contributed by atoms with E-state index < -0.39 is 18.3 Å². The molecule has 31 heavy (non-hydrogen) atoms. The van der Waals surface area contributed by atoms with Crippen LogP contribution in [0.3, 0.4) is 0 Å². The first-order valence-electron chi connectivity index (χ1n) is 9.28. The van der Waals surface area contributed by atoms with Crippen LogP contribution in [0, 0.1) is 12.7 Å². The quantitative estimate of drug-likeness (QED) is 0.503. The second-order valence-corrected chi connectivity index (χ2v) is 6.90. The Balaban J connectivity index is 1.76. The topological polar surface area (TPSA) is 65.4 Å². The normalized spacial score (nSPS) is 10.9. The zero-order chi connectivity index (χ0) is 22.5. The second-order valence-electron chi connectivity index (χ2n) is 6.49. The van der Waals surface area contributed by atoms with Crippen molar-refractivity contribution in [3.8, 4) is 11.5 Å². The minimum absolute atomic E-state index is 0.0307. The largest absolute Gasteiger partial charge is 0.490 e. The highest BCUT2D eigenvalue weighted by molar-refractivity contribution is 6.31. The van der Waals surface area contributed by atoms with Crippen LogP contribution >= 0.6 is 11.6 Å². The van der Waals surface area contributed by atoms with Gasteiger partial charge in [0, 0.05) is 22.3 Å². The monoisotopic (exact) mass is 453 g/mol. The van der Waals surface area contributed by atoms with E-state index in [1.165, 1.54) is 30.3 Å². The minimum Gasteiger partial charge on any atom is -0.490 e. The van der Waals surface area contributed by atoms with Crippen molar-refractivity contribution in [2.45, 2.75) is 27.0 Å². The van der Waals surface area contributed by atoms with Crippen LogP contribution in [0.1, 0.15) is 28.5 Å². The van der Waals surface area contributed by atoms with Crippen LogP contribution in [0.25, 0.3) is 0 Å². The van der Waals surface area contributed by atoms with E-state index in [0.717, 1.165) is 5.69 Å². The van der Waals surface area contributed by atoms with Crippen molar-refractivity contribution in [1.29, 1.82) is 0 Å². The van der Waals surface area contributed by atoms with Gasteiger partial charge in [0.1, 0.15) is 5.82 Å². The van der Waals surface area contributed by atoms with Crippen molar-refractivity contribution in [3.05, 3.63) is 70.1 Å². The summed E-state index contributed by atoms with van der Waals surface area (Å²) in [6, 6.07) is 9.65. The van der Waals surface area contributed by atoms with E-state index in [0.29, 0.717) is 5.56 Å². The number of carbonyl (C=O) groups is 1. The summed E-state index contributed by atoms with van der Waals surface area (Å²) in [7, 11) is 0. The number of anilines is 1. The third kappa shape index (κ3) is 5.69. The molecule has 1 amide bonds. The fourth-order valence-corrected chi connectivity index (χ4v) is 3.07. The van der Waals surface area contributed by atoms with E-state index in [1.807, 2.05) is 0 Å². The smallest absolute Gasteiger partial charge is 0.387 e. The molecule has 0 unspecified atom stereocenters. The average molecular weight is 454 g/mol. The predicted molar refractivity (Wildman–Crippen MR) is 110 cm³/mol. The molecule has 0 aliphatic rings. The van der Waals surface area contributed by atoms with Gasteiger partial charge in [-0.15, -0.1) is 0 Å². The molecule has 0 saturated heterocycles. The first-order valence-corrected chi connectivity index (χ1v) is 9.66. The van der Waals surface area contributed by atoms with E-state index in [1.54, 1.807) is 30.7 Å². The molecule has 2 aromatic carbocycles. The molecule has 0 aliphatic heterocycles. The van der Waals surface area contributed by atoms with E-state index in [-0.39, 0.29) is 41.1 Å². The third-order valence-electron chi connectivity index (χ3n) is 4.28. The van der Waals surface area contributed by atoms with Gasteiger partial charge in [0.05, 0.1) is 13.2 Å². The first-order chi connectivity index (χ1) is 14.8. The Kier molecular flexibility index (Phi) is 7.06. The molecule has 0 spiro atoms. The van der Waals surface area contributed by atoms with Crippen molar-refractivity contribution in [1.82, 2.24) is 9.78 Å². The molecule has 0 bridgehead atoms. The molecular weight excluding hydrogens is 435 g/mol. The predicted octanol–water partition coefficient (Wildman–Crippen LogP) is 5.28. The van der Waals surface area contributed by atoms with Crippen LogP contribution in [0.5, 0.6) is 11.5 Å². The molecule has 10 heteroatoms. The summed E-state index contributed by atoms with van der Waals surface area (Å²) in [4.78, 5) is 12.6. The Morgan fingerprint density at radius 1 is 1.19 bits per heavy atom. The third-order valence-corrected chi connectivity index (χ3v) is 4.63. The van der Waals surface area contributed by atoms with E-state index >= 15 is 0 Å². The van der Waals surface area contributed by atoms with Gasteiger partial charge in [-0.2, -0.15) is 13.9 Å². The number of alkyl halides is 2. The van der Waals surface area contributed by atoms with Gasteiger partial charge < -0.3 is 14.8 Å². The maximum absolute atomic E-state index is 13.2. The molecule has 1 aromatic heterocycles.